The molecule has 0 atom stereocenters. The number of aromatic carboxylic acids is 1. The summed E-state index contributed by atoms with van der Waals surface area (Å²) in [5, 5.41) is 35.6. The number of phenols is 1. The van der Waals surface area contributed by atoms with Crippen LogP contribution in [0.4, 0.5) is 0 Å². The van der Waals surface area contributed by atoms with Crippen molar-refractivity contribution in [1.82, 2.24) is 5.23 Å². The molecule has 0 bridgehead atoms. The number of carboxylic acid groups (broad SMARTS) is 1. The Morgan fingerprint density at radius 2 is 1.70 bits per heavy atom. The molecule has 0 amide bonds. The fourth-order valence-electron chi connectivity index (χ4n) is 1.39. The highest BCUT2D eigenvalue weighted by Crippen LogP contribution is 2.14. The Bertz CT molecular complexity index is 409. The van der Waals surface area contributed by atoms with Gasteiger partial charge in [-0.05, 0) is 18.6 Å². The predicted octanol–water partition coefficient (Wildman–Crippen LogP) is 1.03. The van der Waals surface area contributed by atoms with Crippen LogP contribution in [0.5, 0.6) is 5.75 Å². The molecule has 0 fully saturated rings. The molecule has 0 saturated heterocycles. The zero-order valence-corrected chi connectivity index (χ0v) is 13.2. The van der Waals surface area contributed by atoms with Crippen molar-refractivity contribution in [3.8, 4) is 5.75 Å². The van der Waals surface area contributed by atoms with Crippen molar-refractivity contribution >= 4 is 5.97 Å². The molecule has 0 radical (unpaired) electrons. The van der Waals surface area contributed by atoms with Crippen molar-refractivity contribution in [1.29, 1.82) is 0 Å². The Kier molecular flexibility index (Phi) is 12.9. The monoisotopic (exact) mass is 331 g/mol. The Balaban J connectivity index is 0.000000433. The molecule has 1 aromatic carbocycles. The summed E-state index contributed by atoms with van der Waals surface area (Å²) in [6, 6.07) is 5.81. The maximum atomic E-state index is 10.3. The summed E-state index contributed by atoms with van der Waals surface area (Å²) < 4.78 is 0. The normalized spacial score (nSPS) is 10.3. The van der Waals surface area contributed by atoms with Crippen LogP contribution in [0.25, 0.3) is 0 Å². The van der Waals surface area contributed by atoms with Gasteiger partial charge in [-0.3, -0.25) is 9.68 Å². The van der Waals surface area contributed by atoms with E-state index in [9.17, 15) is 4.79 Å². The lowest BCUT2D eigenvalue weighted by Crippen LogP contribution is -2.28. The van der Waals surface area contributed by atoms with E-state index in [0.717, 1.165) is 12.8 Å². The summed E-state index contributed by atoms with van der Waals surface area (Å²) >= 11 is 0. The number of unbranched alkanes of at least 4 members (excludes halogenated alkanes) is 1. The molecule has 1 aromatic rings. The first-order chi connectivity index (χ1) is 11.1. The van der Waals surface area contributed by atoms with E-state index in [1.165, 1.54) is 17.4 Å². The van der Waals surface area contributed by atoms with E-state index >= 15 is 0 Å². The van der Waals surface area contributed by atoms with Crippen LogP contribution in [-0.4, -0.2) is 64.6 Å². The number of hydrogen-bond donors (Lipinski definition) is 4. The number of rotatable bonds is 10. The molecule has 23 heavy (non-hydrogen) atoms. The van der Waals surface area contributed by atoms with E-state index in [1.54, 1.807) is 12.1 Å². The van der Waals surface area contributed by atoms with Gasteiger partial charge in [0.25, 0.3) is 0 Å². The second kappa shape index (κ2) is 13.9. The number of hydrogen-bond acceptors (Lipinski definition) is 7. The minimum absolute atomic E-state index is 0.0366. The van der Waals surface area contributed by atoms with Gasteiger partial charge >= 0.3 is 5.97 Å². The summed E-state index contributed by atoms with van der Waals surface area (Å²) in [6.45, 7) is 3.08. The highest BCUT2D eigenvalue weighted by molar-refractivity contribution is 5.90. The summed E-state index contributed by atoms with van der Waals surface area (Å²) in [5.41, 5.74) is -0.0671. The van der Waals surface area contributed by atoms with Gasteiger partial charge in [0, 0.05) is 0 Å². The number of aromatic hydroxyl groups is 1. The lowest BCUT2D eigenvalue weighted by Gasteiger charge is -2.19. The van der Waals surface area contributed by atoms with Crippen LogP contribution in [0.2, 0.25) is 0 Å². The second-order valence-corrected chi connectivity index (χ2v) is 4.35. The topological polar surface area (TPSA) is 120 Å². The SMILES string of the molecule is CCCCN(OCCO)OCCO.O=C(O)c1ccccc1O. The summed E-state index contributed by atoms with van der Waals surface area (Å²) in [5.74, 6) is -1.31. The standard InChI is InChI=1S/C8H19NO4.C7H6O3/c1-2-3-4-9(12-7-5-10)13-8-6-11;8-6-4-2-1-3-5(6)7(9)10/h10-11H,2-8H2,1H3;1-4,8H,(H,9,10). The Morgan fingerprint density at radius 1 is 1.13 bits per heavy atom. The molecule has 4 N–H and O–H groups in total. The van der Waals surface area contributed by atoms with Crippen LogP contribution in [0.15, 0.2) is 24.3 Å². The lowest BCUT2D eigenvalue weighted by atomic mass is 10.2. The van der Waals surface area contributed by atoms with E-state index in [2.05, 4.69) is 6.92 Å². The van der Waals surface area contributed by atoms with E-state index in [4.69, 9.17) is 30.1 Å². The number of para-hydroxylation sites is 1. The molecule has 0 aliphatic carbocycles. The average Bonchev–Trinajstić information content (AvgIpc) is 2.55. The fraction of sp³-hybridized carbons (Fsp3) is 0.533. The molecule has 8 nitrogen and oxygen atoms in total. The summed E-state index contributed by atoms with van der Waals surface area (Å²) in [6.07, 6.45) is 2.00. The van der Waals surface area contributed by atoms with Crippen molar-refractivity contribution in [2.75, 3.05) is 33.0 Å². The van der Waals surface area contributed by atoms with Crippen LogP contribution in [0.1, 0.15) is 30.1 Å². The van der Waals surface area contributed by atoms with Crippen molar-refractivity contribution in [2.24, 2.45) is 0 Å². The van der Waals surface area contributed by atoms with Gasteiger partial charge in [0.05, 0.1) is 33.0 Å². The van der Waals surface area contributed by atoms with E-state index in [0.29, 0.717) is 6.54 Å². The molecule has 0 spiro atoms. The molecule has 132 valence electrons. The first kappa shape index (κ1) is 21.3. The van der Waals surface area contributed by atoms with E-state index < -0.39 is 5.97 Å². The minimum atomic E-state index is -1.11. The number of hydroxylamine groups is 2. The second-order valence-electron chi connectivity index (χ2n) is 4.35. The molecule has 8 heteroatoms. The molecule has 1 rings (SSSR count). The number of aliphatic hydroxyl groups is 2. The lowest BCUT2D eigenvalue weighted by molar-refractivity contribution is -0.371. The molecule has 0 unspecified atom stereocenters. The van der Waals surface area contributed by atoms with Gasteiger partial charge in [0.1, 0.15) is 11.3 Å². The molecule has 0 aromatic heterocycles. The number of carboxylic acids is 1. The zero-order chi connectivity index (χ0) is 17.5. The van der Waals surface area contributed by atoms with Crippen LogP contribution in [-0.2, 0) is 9.68 Å². The summed E-state index contributed by atoms with van der Waals surface area (Å²) in [7, 11) is 0. The first-order valence-electron chi connectivity index (χ1n) is 7.33. The Labute approximate surface area is 135 Å². The predicted molar refractivity (Wildman–Crippen MR) is 82.8 cm³/mol. The van der Waals surface area contributed by atoms with Gasteiger partial charge in [-0.1, -0.05) is 30.7 Å². The Hall–Kier alpha value is -1.71. The van der Waals surface area contributed by atoms with Crippen molar-refractivity contribution in [3.63, 3.8) is 0 Å². The molecule has 0 aliphatic heterocycles. The number of carbonyl (C=O) groups is 1. The Morgan fingerprint density at radius 3 is 2.09 bits per heavy atom. The average molecular weight is 331 g/mol. The fourth-order valence-corrected chi connectivity index (χ4v) is 1.39. The third-order valence-corrected chi connectivity index (χ3v) is 2.48. The smallest absolute Gasteiger partial charge is 0.339 e. The van der Waals surface area contributed by atoms with Gasteiger partial charge in [-0.2, -0.15) is 0 Å². The largest absolute Gasteiger partial charge is 0.507 e. The zero-order valence-electron chi connectivity index (χ0n) is 13.2. The van der Waals surface area contributed by atoms with Crippen molar-refractivity contribution in [3.05, 3.63) is 29.8 Å². The van der Waals surface area contributed by atoms with Gasteiger partial charge in [-0.25, -0.2) is 4.79 Å². The number of aliphatic hydroxyl groups excluding tert-OH is 2. The molecular formula is C15H25NO7. The van der Waals surface area contributed by atoms with Gasteiger partial charge in [0.15, 0.2) is 0 Å². The highest BCUT2D eigenvalue weighted by Gasteiger charge is 2.06. The van der Waals surface area contributed by atoms with E-state index in [-0.39, 0.29) is 37.7 Å². The third kappa shape index (κ3) is 10.6. The highest BCUT2D eigenvalue weighted by atomic mass is 16.9. The quantitative estimate of drug-likeness (QED) is 0.469. The molecule has 0 heterocycles. The molecule has 0 saturated carbocycles. The minimum Gasteiger partial charge on any atom is -0.507 e. The van der Waals surface area contributed by atoms with Gasteiger partial charge in [-0.15, -0.1) is 0 Å². The van der Waals surface area contributed by atoms with E-state index in [1.807, 2.05) is 0 Å². The van der Waals surface area contributed by atoms with Crippen LogP contribution in [0.3, 0.4) is 0 Å². The third-order valence-electron chi connectivity index (χ3n) is 2.48. The molecule has 0 aliphatic rings. The maximum Gasteiger partial charge on any atom is 0.339 e. The number of nitrogens with zero attached hydrogens (tertiary/aromatic N) is 1. The maximum absolute atomic E-state index is 10.3. The van der Waals surface area contributed by atoms with Gasteiger partial charge in [0.2, 0.25) is 0 Å². The van der Waals surface area contributed by atoms with Gasteiger partial charge < -0.3 is 20.4 Å². The van der Waals surface area contributed by atoms with Crippen LogP contribution < -0.4 is 0 Å². The van der Waals surface area contributed by atoms with Crippen LogP contribution in [0, 0.1) is 0 Å². The number of benzene rings is 1. The van der Waals surface area contributed by atoms with Crippen LogP contribution >= 0.6 is 0 Å². The van der Waals surface area contributed by atoms with Crippen molar-refractivity contribution in [2.45, 2.75) is 19.8 Å². The summed E-state index contributed by atoms with van der Waals surface area (Å²) in [4.78, 5) is 20.4. The molecular weight excluding hydrogens is 306 g/mol. The van der Waals surface area contributed by atoms with Crippen molar-refractivity contribution < 1.29 is 34.9 Å². The first-order valence-corrected chi connectivity index (χ1v) is 7.33.